The highest BCUT2D eigenvalue weighted by molar-refractivity contribution is 6.08. The number of halogens is 3. The number of alkyl halides is 2. The van der Waals surface area contributed by atoms with E-state index in [9.17, 15) is 18.0 Å². The average Bonchev–Trinajstić information content (AvgIpc) is 2.38. The number of hydrogen-bond donors (Lipinski definition) is 0. The molecule has 0 aliphatic heterocycles. The van der Waals surface area contributed by atoms with E-state index in [0.29, 0.717) is 6.07 Å². The summed E-state index contributed by atoms with van der Waals surface area (Å²) >= 11 is 0. The Labute approximate surface area is 101 Å². The molecule has 1 heterocycles. The number of rotatable bonds is 3. The monoisotopic (exact) mass is 251 g/mol. The zero-order chi connectivity index (χ0) is 13.1. The standard InChI is InChI=1S/C13H8F3NO/c14-11-6-8(13(15)16)3-4-10(11)12(18)9-2-1-5-17-7-9/h1-7,13H. The van der Waals surface area contributed by atoms with Gasteiger partial charge in [0.15, 0.2) is 5.78 Å². The molecule has 0 amide bonds. The molecule has 0 bridgehead atoms. The number of hydrogen-bond acceptors (Lipinski definition) is 2. The maximum atomic E-state index is 13.6. The predicted molar refractivity (Wildman–Crippen MR) is 59.0 cm³/mol. The number of pyridine rings is 1. The fourth-order valence-corrected chi connectivity index (χ4v) is 1.50. The first-order chi connectivity index (χ1) is 8.59. The number of benzene rings is 1. The van der Waals surface area contributed by atoms with Crippen LogP contribution in [0.2, 0.25) is 0 Å². The summed E-state index contributed by atoms with van der Waals surface area (Å²) in [6, 6.07) is 5.80. The quantitative estimate of drug-likeness (QED) is 0.782. The van der Waals surface area contributed by atoms with Crippen molar-refractivity contribution >= 4 is 5.78 Å². The maximum Gasteiger partial charge on any atom is 0.263 e. The molecule has 0 unspecified atom stereocenters. The summed E-state index contributed by atoms with van der Waals surface area (Å²) in [6.45, 7) is 0. The van der Waals surface area contributed by atoms with Gasteiger partial charge >= 0.3 is 0 Å². The molecule has 2 rings (SSSR count). The first-order valence-electron chi connectivity index (χ1n) is 5.12. The van der Waals surface area contributed by atoms with Gasteiger partial charge in [0.1, 0.15) is 5.82 Å². The Morgan fingerprint density at radius 2 is 2.00 bits per heavy atom. The molecule has 0 radical (unpaired) electrons. The number of ketones is 1. The van der Waals surface area contributed by atoms with Crippen LogP contribution in [0.3, 0.4) is 0 Å². The third-order valence-electron chi connectivity index (χ3n) is 2.41. The molecule has 2 nitrogen and oxygen atoms in total. The zero-order valence-electron chi connectivity index (χ0n) is 9.11. The van der Waals surface area contributed by atoms with Crippen LogP contribution in [-0.2, 0) is 0 Å². The maximum absolute atomic E-state index is 13.6. The molecule has 5 heteroatoms. The van der Waals surface area contributed by atoms with Gasteiger partial charge in [0.2, 0.25) is 0 Å². The molecular weight excluding hydrogens is 243 g/mol. The van der Waals surface area contributed by atoms with Gasteiger partial charge in [-0.1, -0.05) is 6.07 Å². The van der Waals surface area contributed by atoms with Crippen LogP contribution >= 0.6 is 0 Å². The summed E-state index contributed by atoms with van der Waals surface area (Å²) in [6.07, 6.45) is 0.0116. The number of carbonyl (C=O) groups excluding carboxylic acids is 1. The van der Waals surface area contributed by atoms with Crippen LogP contribution in [0.15, 0.2) is 42.7 Å². The molecule has 2 aromatic rings. The Hall–Kier alpha value is -2.17. The molecule has 92 valence electrons. The van der Waals surface area contributed by atoms with Crippen molar-refractivity contribution in [3.63, 3.8) is 0 Å². The Bertz CT molecular complexity index is 570. The third kappa shape index (κ3) is 2.40. The Morgan fingerprint density at radius 1 is 1.22 bits per heavy atom. The molecule has 0 aliphatic rings. The molecule has 0 aliphatic carbocycles. The molecule has 0 saturated heterocycles. The smallest absolute Gasteiger partial charge is 0.263 e. The Morgan fingerprint density at radius 3 is 2.56 bits per heavy atom. The van der Waals surface area contributed by atoms with Crippen LogP contribution in [0.5, 0.6) is 0 Å². The van der Waals surface area contributed by atoms with Crippen LogP contribution in [0.4, 0.5) is 13.2 Å². The van der Waals surface area contributed by atoms with Gasteiger partial charge in [-0.15, -0.1) is 0 Å². The van der Waals surface area contributed by atoms with Crippen molar-refractivity contribution in [1.82, 2.24) is 4.98 Å². The van der Waals surface area contributed by atoms with Gasteiger partial charge in [0, 0.05) is 23.5 Å². The highest BCUT2D eigenvalue weighted by Gasteiger charge is 2.16. The van der Waals surface area contributed by atoms with E-state index in [1.807, 2.05) is 0 Å². The normalized spacial score (nSPS) is 10.7. The minimum atomic E-state index is -2.76. The Balaban J connectivity index is 2.38. The number of aromatic nitrogens is 1. The fraction of sp³-hybridized carbons (Fsp3) is 0.0769. The van der Waals surface area contributed by atoms with Gasteiger partial charge in [-0.25, -0.2) is 13.2 Å². The zero-order valence-corrected chi connectivity index (χ0v) is 9.11. The van der Waals surface area contributed by atoms with Crippen molar-refractivity contribution in [2.75, 3.05) is 0 Å². The summed E-state index contributed by atoms with van der Waals surface area (Å²) < 4.78 is 38.3. The van der Waals surface area contributed by atoms with Crippen LogP contribution < -0.4 is 0 Å². The SMILES string of the molecule is O=C(c1cccnc1)c1ccc(C(F)F)cc1F. The van der Waals surface area contributed by atoms with Crippen molar-refractivity contribution in [3.8, 4) is 0 Å². The topological polar surface area (TPSA) is 30.0 Å². The van der Waals surface area contributed by atoms with Crippen molar-refractivity contribution in [2.24, 2.45) is 0 Å². The minimum Gasteiger partial charge on any atom is -0.288 e. The Kier molecular flexibility index (Phi) is 3.41. The van der Waals surface area contributed by atoms with Crippen LogP contribution in [-0.4, -0.2) is 10.8 Å². The lowest BCUT2D eigenvalue weighted by Gasteiger charge is -2.05. The van der Waals surface area contributed by atoms with E-state index in [0.717, 1.165) is 12.1 Å². The molecule has 1 aromatic heterocycles. The highest BCUT2D eigenvalue weighted by atomic mass is 19.3. The van der Waals surface area contributed by atoms with Crippen LogP contribution in [0.25, 0.3) is 0 Å². The second-order valence-corrected chi connectivity index (χ2v) is 3.61. The van der Waals surface area contributed by atoms with Crippen LogP contribution in [0, 0.1) is 5.82 Å². The lowest BCUT2D eigenvalue weighted by molar-refractivity contribution is 0.103. The number of nitrogens with zero attached hydrogens (tertiary/aromatic N) is 1. The van der Waals surface area contributed by atoms with E-state index in [1.165, 1.54) is 18.5 Å². The molecular formula is C13H8F3NO. The largest absolute Gasteiger partial charge is 0.288 e. The van der Waals surface area contributed by atoms with Crippen molar-refractivity contribution < 1.29 is 18.0 Å². The first-order valence-corrected chi connectivity index (χ1v) is 5.12. The van der Waals surface area contributed by atoms with Gasteiger partial charge in [-0.3, -0.25) is 9.78 Å². The molecule has 1 aromatic carbocycles. The average molecular weight is 251 g/mol. The van der Waals surface area contributed by atoms with Gasteiger partial charge in [-0.05, 0) is 24.3 Å². The lowest BCUT2D eigenvalue weighted by atomic mass is 10.0. The molecule has 0 fully saturated rings. The summed E-state index contributed by atoms with van der Waals surface area (Å²) in [5, 5.41) is 0. The van der Waals surface area contributed by atoms with Crippen molar-refractivity contribution in [3.05, 3.63) is 65.2 Å². The summed E-state index contributed by atoms with van der Waals surface area (Å²) in [5.41, 5.74) is -0.483. The van der Waals surface area contributed by atoms with E-state index >= 15 is 0 Å². The molecule has 18 heavy (non-hydrogen) atoms. The highest BCUT2D eigenvalue weighted by Crippen LogP contribution is 2.22. The van der Waals surface area contributed by atoms with Gasteiger partial charge in [0.05, 0.1) is 5.56 Å². The molecule has 0 spiro atoms. The first kappa shape index (κ1) is 12.3. The van der Waals surface area contributed by atoms with Crippen LogP contribution in [0.1, 0.15) is 27.9 Å². The van der Waals surface area contributed by atoms with E-state index < -0.39 is 23.6 Å². The molecule has 0 saturated carbocycles. The van der Waals surface area contributed by atoms with E-state index in [-0.39, 0.29) is 11.1 Å². The van der Waals surface area contributed by atoms with E-state index in [1.54, 1.807) is 6.07 Å². The predicted octanol–water partition coefficient (Wildman–Crippen LogP) is 3.39. The second-order valence-electron chi connectivity index (χ2n) is 3.61. The van der Waals surface area contributed by atoms with E-state index in [4.69, 9.17) is 0 Å². The molecule has 0 atom stereocenters. The summed E-state index contributed by atoms with van der Waals surface area (Å²) in [5.74, 6) is -1.54. The van der Waals surface area contributed by atoms with E-state index in [2.05, 4.69) is 4.98 Å². The minimum absolute atomic E-state index is 0.209. The van der Waals surface area contributed by atoms with Gasteiger partial charge in [-0.2, -0.15) is 0 Å². The molecule has 0 N–H and O–H groups in total. The second kappa shape index (κ2) is 5.00. The summed E-state index contributed by atoms with van der Waals surface area (Å²) in [4.78, 5) is 15.6. The van der Waals surface area contributed by atoms with Crippen molar-refractivity contribution in [1.29, 1.82) is 0 Å². The van der Waals surface area contributed by atoms with Crippen molar-refractivity contribution in [2.45, 2.75) is 6.43 Å². The third-order valence-corrected chi connectivity index (χ3v) is 2.41. The number of carbonyl (C=O) groups is 1. The summed E-state index contributed by atoms with van der Waals surface area (Å²) in [7, 11) is 0. The van der Waals surface area contributed by atoms with Gasteiger partial charge < -0.3 is 0 Å². The van der Waals surface area contributed by atoms with Gasteiger partial charge in [0.25, 0.3) is 6.43 Å². The fourth-order valence-electron chi connectivity index (χ4n) is 1.50. The lowest BCUT2D eigenvalue weighted by Crippen LogP contribution is -2.05.